The molecule has 2 rings (SSSR count). The van der Waals surface area contributed by atoms with Gasteiger partial charge in [-0.1, -0.05) is 30.3 Å². The highest BCUT2D eigenvalue weighted by Gasteiger charge is 2.33. The molecule has 1 aliphatic rings. The van der Waals surface area contributed by atoms with Crippen molar-refractivity contribution in [3.63, 3.8) is 0 Å². The number of carbonyl (C=O) groups is 1. The standard InChI is InChI=1S/C20H31FN2O3/c1-20(2,3)26-19(24)23-12-10-17(18(15-23)25-13-7-11-21)22-14-16-8-5-4-6-9-16/h4-6,8-9,17-18,22H,7,10-15H2,1-3H3/t17-,18+/m1/s1. The quantitative estimate of drug-likeness (QED) is 0.750. The van der Waals surface area contributed by atoms with Crippen LogP contribution in [0, 0.1) is 0 Å². The number of benzene rings is 1. The summed E-state index contributed by atoms with van der Waals surface area (Å²) in [6.45, 7) is 7.33. The van der Waals surface area contributed by atoms with Crippen LogP contribution in [0.25, 0.3) is 0 Å². The molecular formula is C20H31FN2O3. The molecule has 0 bridgehead atoms. The van der Waals surface area contributed by atoms with Crippen LogP contribution in [0.4, 0.5) is 9.18 Å². The Morgan fingerprint density at radius 3 is 2.69 bits per heavy atom. The van der Waals surface area contributed by atoms with E-state index in [1.165, 1.54) is 5.56 Å². The van der Waals surface area contributed by atoms with Crippen molar-refractivity contribution in [1.82, 2.24) is 10.2 Å². The summed E-state index contributed by atoms with van der Waals surface area (Å²) in [7, 11) is 0. The van der Waals surface area contributed by atoms with Gasteiger partial charge in [0.1, 0.15) is 5.60 Å². The number of halogens is 1. The molecule has 0 spiro atoms. The van der Waals surface area contributed by atoms with E-state index in [1.54, 1.807) is 4.90 Å². The molecule has 1 heterocycles. The predicted molar refractivity (Wildman–Crippen MR) is 99.8 cm³/mol. The fraction of sp³-hybridized carbons (Fsp3) is 0.650. The Labute approximate surface area is 155 Å². The number of amides is 1. The Morgan fingerprint density at radius 2 is 2.04 bits per heavy atom. The molecule has 1 fully saturated rings. The first-order valence-corrected chi connectivity index (χ1v) is 9.32. The Kier molecular flexibility index (Phi) is 7.85. The van der Waals surface area contributed by atoms with Gasteiger partial charge in [0.05, 0.1) is 19.3 Å². The molecule has 6 heteroatoms. The van der Waals surface area contributed by atoms with Crippen LogP contribution in [0.2, 0.25) is 0 Å². The number of piperidine rings is 1. The highest BCUT2D eigenvalue weighted by atomic mass is 19.1. The number of rotatable bonds is 7. The van der Waals surface area contributed by atoms with Gasteiger partial charge >= 0.3 is 6.09 Å². The summed E-state index contributed by atoms with van der Waals surface area (Å²) in [4.78, 5) is 14.0. The summed E-state index contributed by atoms with van der Waals surface area (Å²) in [6, 6.07) is 10.3. The Hall–Kier alpha value is -1.66. The molecule has 1 aromatic carbocycles. The average molecular weight is 366 g/mol. The molecule has 146 valence electrons. The summed E-state index contributed by atoms with van der Waals surface area (Å²) in [6.07, 6.45) is 0.644. The van der Waals surface area contributed by atoms with Crippen molar-refractivity contribution in [1.29, 1.82) is 0 Å². The lowest BCUT2D eigenvalue weighted by Gasteiger charge is -2.39. The van der Waals surface area contributed by atoms with Gasteiger partial charge in [0.2, 0.25) is 0 Å². The maximum atomic E-state index is 12.4. The number of ether oxygens (including phenoxy) is 2. The Bertz CT molecular complexity index is 548. The third-order valence-corrected chi connectivity index (χ3v) is 4.23. The van der Waals surface area contributed by atoms with Crippen molar-refractivity contribution in [3.05, 3.63) is 35.9 Å². The molecule has 2 atom stereocenters. The molecule has 0 saturated carbocycles. The molecule has 5 nitrogen and oxygen atoms in total. The lowest BCUT2D eigenvalue weighted by atomic mass is 10.0. The van der Waals surface area contributed by atoms with Gasteiger partial charge < -0.3 is 19.7 Å². The number of nitrogens with zero attached hydrogens (tertiary/aromatic N) is 1. The highest BCUT2D eigenvalue weighted by Crippen LogP contribution is 2.19. The minimum Gasteiger partial charge on any atom is -0.444 e. The first-order valence-electron chi connectivity index (χ1n) is 9.32. The topological polar surface area (TPSA) is 50.8 Å². The van der Waals surface area contributed by atoms with Gasteiger partial charge in [0.15, 0.2) is 0 Å². The second-order valence-electron chi connectivity index (χ2n) is 7.64. The van der Waals surface area contributed by atoms with Crippen molar-refractivity contribution in [2.45, 2.75) is 57.9 Å². The number of nitrogens with one attached hydrogen (secondary N) is 1. The monoisotopic (exact) mass is 366 g/mol. The second-order valence-corrected chi connectivity index (χ2v) is 7.64. The van der Waals surface area contributed by atoms with Crippen LogP contribution in [0.15, 0.2) is 30.3 Å². The molecule has 1 aromatic rings. The number of likely N-dealkylation sites (tertiary alicyclic amines) is 1. The van der Waals surface area contributed by atoms with Crippen molar-refractivity contribution in [2.75, 3.05) is 26.4 Å². The second kappa shape index (κ2) is 9.88. The molecule has 1 aliphatic heterocycles. The number of carbonyl (C=O) groups excluding carboxylic acids is 1. The van der Waals surface area contributed by atoms with Crippen LogP contribution in [-0.4, -0.2) is 55.1 Å². The lowest BCUT2D eigenvalue weighted by molar-refractivity contribution is -0.0362. The van der Waals surface area contributed by atoms with Gasteiger partial charge in [-0.2, -0.15) is 0 Å². The van der Waals surface area contributed by atoms with Crippen LogP contribution in [-0.2, 0) is 16.0 Å². The van der Waals surface area contributed by atoms with E-state index < -0.39 is 12.3 Å². The van der Waals surface area contributed by atoms with Crippen LogP contribution < -0.4 is 5.32 Å². The van der Waals surface area contributed by atoms with E-state index in [4.69, 9.17) is 9.47 Å². The largest absolute Gasteiger partial charge is 0.444 e. The highest BCUT2D eigenvalue weighted by molar-refractivity contribution is 5.68. The summed E-state index contributed by atoms with van der Waals surface area (Å²) in [5.74, 6) is 0. The van der Waals surface area contributed by atoms with E-state index in [-0.39, 0.29) is 18.2 Å². The zero-order valence-corrected chi connectivity index (χ0v) is 16.0. The van der Waals surface area contributed by atoms with E-state index in [2.05, 4.69) is 17.4 Å². The SMILES string of the molecule is CC(C)(C)OC(=O)N1CC[C@@H](NCc2ccccc2)[C@@H](OCCCF)C1. The van der Waals surface area contributed by atoms with E-state index in [0.29, 0.717) is 26.1 Å². The zero-order chi connectivity index (χ0) is 19.0. The summed E-state index contributed by atoms with van der Waals surface area (Å²) in [5, 5.41) is 3.53. The van der Waals surface area contributed by atoms with Gasteiger partial charge in [-0.05, 0) is 39.2 Å². The number of hydrogen-bond donors (Lipinski definition) is 1. The van der Waals surface area contributed by atoms with Crippen molar-refractivity contribution in [3.8, 4) is 0 Å². The van der Waals surface area contributed by atoms with Crippen LogP contribution >= 0.6 is 0 Å². The molecule has 1 N–H and O–H groups in total. The predicted octanol–water partition coefficient (Wildman–Crippen LogP) is 3.53. The number of alkyl halides is 1. The number of hydrogen-bond acceptors (Lipinski definition) is 4. The normalized spacial score (nSPS) is 20.8. The fourth-order valence-corrected chi connectivity index (χ4v) is 2.95. The zero-order valence-electron chi connectivity index (χ0n) is 16.0. The van der Waals surface area contributed by atoms with Crippen LogP contribution in [0.3, 0.4) is 0 Å². The van der Waals surface area contributed by atoms with Gasteiger partial charge in [-0.25, -0.2) is 4.79 Å². The minimum absolute atomic E-state index is 0.119. The molecule has 0 radical (unpaired) electrons. The first kappa shape index (κ1) is 20.6. The summed E-state index contributed by atoms with van der Waals surface area (Å²) in [5.41, 5.74) is 0.675. The Balaban J connectivity index is 1.93. The summed E-state index contributed by atoms with van der Waals surface area (Å²) < 4.78 is 23.8. The third-order valence-electron chi connectivity index (χ3n) is 4.23. The van der Waals surface area contributed by atoms with Crippen molar-refractivity contribution in [2.24, 2.45) is 0 Å². The molecule has 0 aromatic heterocycles. The summed E-state index contributed by atoms with van der Waals surface area (Å²) >= 11 is 0. The van der Waals surface area contributed by atoms with Crippen molar-refractivity contribution >= 4 is 6.09 Å². The molecule has 0 unspecified atom stereocenters. The van der Waals surface area contributed by atoms with Crippen LogP contribution in [0.1, 0.15) is 39.2 Å². The van der Waals surface area contributed by atoms with E-state index >= 15 is 0 Å². The first-order chi connectivity index (χ1) is 12.4. The van der Waals surface area contributed by atoms with Crippen LogP contribution in [0.5, 0.6) is 0 Å². The Morgan fingerprint density at radius 1 is 1.31 bits per heavy atom. The minimum atomic E-state index is -0.524. The maximum absolute atomic E-state index is 12.4. The van der Waals surface area contributed by atoms with Gasteiger partial charge in [0, 0.05) is 25.7 Å². The fourth-order valence-electron chi connectivity index (χ4n) is 2.95. The lowest BCUT2D eigenvalue weighted by Crippen LogP contribution is -2.55. The maximum Gasteiger partial charge on any atom is 0.410 e. The van der Waals surface area contributed by atoms with E-state index in [0.717, 1.165) is 13.0 Å². The van der Waals surface area contributed by atoms with Gasteiger partial charge in [-0.15, -0.1) is 0 Å². The average Bonchev–Trinajstić information content (AvgIpc) is 2.60. The van der Waals surface area contributed by atoms with E-state index in [9.17, 15) is 9.18 Å². The molecule has 0 aliphatic carbocycles. The molecule has 26 heavy (non-hydrogen) atoms. The third kappa shape index (κ3) is 6.92. The van der Waals surface area contributed by atoms with Crippen molar-refractivity contribution < 1.29 is 18.7 Å². The molecular weight excluding hydrogens is 335 g/mol. The van der Waals surface area contributed by atoms with Gasteiger partial charge in [-0.3, -0.25) is 4.39 Å². The smallest absolute Gasteiger partial charge is 0.410 e. The molecule has 1 saturated heterocycles. The van der Waals surface area contributed by atoms with Gasteiger partial charge in [0.25, 0.3) is 0 Å². The van der Waals surface area contributed by atoms with E-state index in [1.807, 2.05) is 39.0 Å². The molecule has 1 amide bonds.